The van der Waals surface area contributed by atoms with Gasteiger partial charge in [-0.3, -0.25) is 25.0 Å². The molecule has 2 aromatic carbocycles. The highest BCUT2D eigenvalue weighted by atomic mass is 32.2. The molecule has 2 rings (SSSR count). The van der Waals surface area contributed by atoms with E-state index in [1.807, 2.05) is 0 Å². The number of nitrogens with one attached hydrogen (secondary N) is 1. The number of benzene rings is 2. The first kappa shape index (κ1) is 18.9. The van der Waals surface area contributed by atoms with Gasteiger partial charge in [0.2, 0.25) is 0 Å². The Kier molecular flexibility index (Phi) is 5.26. The zero-order valence-electron chi connectivity index (χ0n) is 13.5. The minimum Gasteiger partial charge on any atom is -0.495 e. The Labute approximate surface area is 147 Å². The van der Waals surface area contributed by atoms with E-state index in [-0.39, 0.29) is 22.9 Å². The molecule has 11 nitrogen and oxygen atoms in total. The van der Waals surface area contributed by atoms with Gasteiger partial charge in [0.1, 0.15) is 16.4 Å². The Bertz CT molecular complexity index is 974. The zero-order valence-corrected chi connectivity index (χ0v) is 14.3. The lowest BCUT2D eigenvalue weighted by Gasteiger charge is -2.13. The average Bonchev–Trinajstić information content (AvgIpc) is 2.60. The van der Waals surface area contributed by atoms with Crippen LogP contribution in [0.15, 0.2) is 41.3 Å². The van der Waals surface area contributed by atoms with E-state index in [1.54, 1.807) is 0 Å². The third kappa shape index (κ3) is 3.80. The van der Waals surface area contributed by atoms with E-state index in [1.165, 1.54) is 20.3 Å². The van der Waals surface area contributed by atoms with Crippen LogP contribution >= 0.6 is 0 Å². The van der Waals surface area contributed by atoms with E-state index in [0.717, 1.165) is 30.3 Å². The van der Waals surface area contributed by atoms with Crippen molar-refractivity contribution in [2.75, 3.05) is 18.9 Å². The molecule has 0 spiro atoms. The predicted molar refractivity (Wildman–Crippen MR) is 90.1 cm³/mol. The summed E-state index contributed by atoms with van der Waals surface area (Å²) in [5, 5.41) is 21.8. The van der Waals surface area contributed by atoms with Crippen LogP contribution in [0.5, 0.6) is 11.5 Å². The van der Waals surface area contributed by atoms with Gasteiger partial charge in [-0.15, -0.1) is 0 Å². The second-order valence-electron chi connectivity index (χ2n) is 4.84. The molecule has 2 aromatic rings. The predicted octanol–water partition coefficient (Wildman–Crippen LogP) is 2.32. The minimum absolute atomic E-state index is 0.0311. The summed E-state index contributed by atoms with van der Waals surface area (Å²) in [5.41, 5.74) is -1.03. The fraction of sp³-hybridized carbons (Fsp3) is 0.143. The molecule has 1 N–H and O–H groups in total. The molecule has 0 heterocycles. The van der Waals surface area contributed by atoms with Gasteiger partial charge < -0.3 is 9.47 Å². The fourth-order valence-corrected chi connectivity index (χ4v) is 3.33. The molecule has 0 aliphatic carbocycles. The monoisotopic (exact) mass is 383 g/mol. The average molecular weight is 383 g/mol. The molecule has 0 aromatic heterocycles. The second-order valence-corrected chi connectivity index (χ2v) is 6.49. The lowest BCUT2D eigenvalue weighted by Crippen LogP contribution is -2.15. The van der Waals surface area contributed by atoms with Crippen molar-refractivity contribution < 1.29 is 27.7 Å². The fourth-order valence-electron chi connectivity index (χ4n) is 2.08. The number of hydrogen-bond acceptors (Lipinski definition) is 8. The maximum atomic E-state index is 12.7. The Morgan fingerprint density at radius 3 is 1.88 bits per heavy atom. The van der Waals surface area contributed by atoms with Gasteiger partial charge in [-0.2, -0.15) is 0 Å². The number of ether oxygens (including phenoxy) is 2. The van der Waals surface area contributed by atoms with E-state index in [4.69, 9.17) is 9.47 Å². The number of nitrogens with zero attached hydrogens (tertiary/aromatic N) is 2. The molecule has 0 unspecified atom stereocenters. The standard InChI is InChI=1S/C14H13N3O8S/c1-24-12-5-3-9(16(18)19)7-11(12)15-26(22,23)14-8-10(17(20)21)4-6-13(14)25-2/h3-8,15H,1-2H3. The number of nitro groups is 2. The number of non-ortho nitro benzene ring substituents is 2. The molecule has 0 bridgehead atoms. The van der Waals surface area contributed by atoms with Crippen molar-refractivity contribution in [1.82, 2.24) is 0 Å². The molecular formula is C14H13N3O8S. The van der Waals surface area contributed by atoms with Gasteiger partial charge in [0.15, 0.2) is 0 Å². The summed E-state index contributed by atoms with van der Waals surface area (Å²) in [6.45, 7) is 0. The molecule has 0 fully saturated rings. The smallest absolute Gasteiger partial charge is 0.271 e. The van der Waals surface area contributed by atoms with Crippen molar-refractivity contribution in [3.05, 3.63) is 56.6 Å². The van der Waals surface area contributed by atoms with E-state index >= 15 is 0 Å². The van der Waals surface area contributed by atoms with E-state index in [2.05, 4.69) is 4.72 Å². The normalized spacial score (nSPS) is 10.8. The van der Waals surface area contributed by atoms with Crippen LogP contribution in [0.25, 0.3) is 0 Å². The molecule has 0 radical (unpaired) electrons. The lowest BCUT2D eigenvalue weighted by molar-refractivity contribution is -0.385. The van der Waals surface area contributed by atoms with Crippen LogP contribution in [0.4, 0.5) is 17.1 Å². The summed E-state index contributed by atoms with van der Waals surface area (Å²) in [6.07, 6.45) is 0. The van der Waals surface area contributed by atoms with Gasteiger partial charge in [-0.1, -0.05) is 0 Å². The summed E-state index contributed by atoms with van der Waals surface area (Å²) in [4.78, 5) is 19.9. The van der Waals surface area contributed by atoms with Crippen LogP contribution in [0.3, 0.4) is 0 Å². The van der Waals surface area contributed by atoms with Crippen molar-refractivity contribution in [3.63, 3.8) is 0 Å². The highest BCUT2D eigenvalue weighted by molar-refractivity contribution is 7.92. The van der Waals surface area contributed by atoms with Crippen LogP contribution in [0.1, 0.15) is 0 Å². The highest BCUT2D eigenvalue weighted by Gasteiger charge is 2.25. The first-order valence-electron chi connectivity index (χ1n) is 6.87. The molecule has 0 saturated carbocycles. The SMILES string of the molecule is COc1ccc([N+](=O)[O-])cc1NS(=O)(=O)c1cc([N+](=O)[O-])ccc1OC. The zero-order chi connectivity index (χ0) is 19.5. The van der Waals surface area contributed by atoms with Gasteiger partial charge >= 0.3 is 0 Å². The summed E-state index contributed by atoms with van der Waals surface area (Å²) in [7, 11) is -1.91. The van der Waals surface area contributed by atoms with Crippen LogP contribution in [-0.2, 0) is 10.0 Å². The van der Waals surface area contributed by atoms with Crippen LogP contribution in [-0.4, -0.2) is 32.5 Å². The molecule has 0 aliphatic rings. The van der Waals surface area contributed by atoms with Crippen molar-refractivity contribution in [2.45, 2.75) is 4.90 Å². The number of methoxy groups -OCH3 is 2. The number of rotatable bonds is 7. The topological polar surface area (TPSA) is 151 Å². The first-order chi connectivity index (χ1) is 12.2. The van der Waals surface area contributed by atoms with Gasteiger partial charge in [-0.05, 0) is 12.1 Å². The third-order valence-corrected chi connectivity index (χ3v) is 4.67. The molecule has 0 saturated heterocycles. The van der Waals surface area contributed by atoms with Crippen molar-refractivity contribution in [3.8, 4) is 11.5 Å². The maximum absolute atomic E-state index is 12.7. The Morgan fingerprint density at radius 2 is 1.38 bits per heavy atom. The van der Waals surface area contributed by atoms with Crippen molar-refractivity contribution >= 4 is 27.1 Å². The van der Waals surface area contributed by atoms with Crippen LogP contribution in [0, 0.1) is 20.2 Å². The van der Waals surface area contributed by atoms with Gasteiger partial charge in [0, 0.05) is 24.3 Å². The highest BCUT2D eigenvalue weighted by Crippen LogP contribution is 2.34. The summed E-state index contributed by atoms with van der Waals surface area (Å²) in [5.74, 6) is -0.101. The molecule has 26 heavy (non-hydrogen) atoms. The van der Waals surface area contributed by atoms with Crippen molar-refractivity contribution in [1.29, 1.82) is 0 Å². The largest absolute Gasteiger partial charge is 0.495 e. The first-order valence-corrected chi connectivity index (χ1v) is 8.35. The van der Waals surface area contributed by atoms with Gasteiger partial charge in [0.25, 0.3) is 21.4 Å². The van der Waals surface area contributed by atoms with Gasteiger partial charge in [-0.25, -0.2) is 8.42 Å². The number of sulfonamides is 1. The Morgan fingerprint density at radius 1 is 0.885 bits per heavy atom. The Balaban J connectivity index is 2.56. The van der Waals surface area contributed by atoms with E-state index in [0.29, 0.717) is 0 Å². The number of nitro benzene ring substituents is 2. The van der Waals surface area contributed by atoms with Crippen molar-refractivity contribution in [2.24, 2.45) is 0 Å². The molecule has 0 amide bonds. The second kappa shape index (κ2) is 7.23. The summed E-state index contributed by atoms with van der Waals surface area (Å²) >= 11 is 0. The molecule has 0 aliphatic heterocycles. The van der Waals surface area contributed by atoms with E-state index in [9.17, 15) is 28.6 Å². The lowest BCUT2D eigenvalue weighted by atomic mass is 10.2. The summed E-state index contributed by atoms with van der Waals surface area (Å²) < 4.78 is 37.4. The third-order valence-electron chi connectivity index (χ3n) is 3.29. The quantitative estimate of drug-likeness (QED) is 0.565. The summed E-state index contributed by atoms with van der Waals surface area (Å²) in [6, 6.07) is 6.39. The van der Waals surface area contributed by atoms with E-state index < -0.39 is 30.5 Å². The maximum Gasteiger partial charge on any atom is 0.271 e. The molecule has 12 heteroatoms. The molecule has 138 valence electrons. The van der Waals surface area contributed by atoms with Crippen LogP contribution < -0.4 is 14.2 Å². The minimum atomic E-state index is -4.37. The molecular weight excluding hydrogens is 370 g/mol. The van der Waals surface area contributed by atoms with Crippen LogP contribution in [0.2, 0.25) is 0 Å². The number of anilines is 1. The van der Waals surface area contributed by atoms with Gasteiger partial charge in [0.05, 0.1) is 29.8 Å². The number of hydrogen-bond donors (Lipinski definition) is 1. The Hall–Kier alpha value is -3.41. The molecule has 0 atom stereocenters.